The molecule has 0 aliphatic carbocycles. The number of fused-ring (bicyclic) bond motifs is 4. The minimum absolute atomic E-state index is 0.299. The number of aromatic amines is 2. The minimum Gasteiger partial charge on any atom is -0.321 e. The Morgan fingerprint density at radius 3 is 1.21 bits per heavy atom. The van der Waals surface area contributed by atoms with Crippen molar-refractivity contribution in [2.24, 2.45) is 0 Å². The Bertz CT molecular complexity index is 1150. The van der Waals surface area contributed by atoms with E-state index in [0.29, 0.717) is 21.8 Å². The van der Waals surface area contributed by atoms with Crippen LogP contribution in [0, 0.1) is 0 Å². The Morgan fingerprint density at radius 1 is 0.458 bits per heavy atom. The van der Waals surface area contributed by atoms with Crippen molar-refractivity contribution in [1.29, 1.82) is 0 Å². The highest BCUT2D eigenvalue weighted by Gasteiger charge is 2.02. The van der Waals surface area contributed by atoms with Gasteiger partial charge in [-0.25, -0.2) is 0 Å². The van der Waals surface area contributed by atoms with Crippen molar-refractivity contribution in [2.75, 3.05) is 0 Å². The molecule has 116 valence electrons. The van der Waals surface area contributed by atoms with Gasteiger partial charge >= 0.3 is 0 Å². The summed E-state index contributed by atoms with van der Waals surface area (Å²) in [6.07, 6.45) is 0. The van der Waals surface area contributed by atoms with E-state index in [9.17, 15) is 9.59 Å². The SMILES string of the molecule is O=c1[nH]c2ccccc2c2ccccc2[nH]c(=O)c2ccccc12. The number of nitrogens with one attached hydrogen (secondary N) is 2. The number of hydrogen-bond acceptors (Lipinski definition) is 2. The van der Waals surface area contributed by atoms with Gasteiger partial charge in [-0.2, -0.15) is 0 Å². The molecule has 4 rings (SSSR count). The zero-order valence-corrected chi connectivity index (χ0v) is 12.7. The van der Waals surface area contributed by atoms with Crippen molar-refractivity contribution in [3.63, 3.8) is 0 Å². The molecule has 0 atom stereocenters. The third-order valence-electron chi connectivity index (χ3n) is 4.06. The highest BCUT2D eigenvalue weighted by Crippen LogP contribution is 2.18. The van der Waals surface area contributed by atoms with Crippen molar-refractivity contribution in [3.8, 4) is 0 Å². The summed E-state index contributed by atoms with van der Waals surface area (Å²) in [5, 5.41) is 2.43. The first-order valence-corrected chi connectivity index (χ1v) is 7.64. The average molecular weight is 314 g/mol. The van der Waals surface area contributed by atoms with Gasteiger partial charge in [0.05, 0.1) is 10.8 Å². The summed E-state index contributed by atoms with van der Waals surface area (Å²) in [5.41, 5.74) is 0.821. The second-order valence-electron chi connectivity index (χ2n) is 5.54. The molecule has 24 heavy (non-hydrogen) atoms. The molecule has 1 heterocycles. The summed E-state index contributed by atoms with van der Waals surface area (Å²) >= 11 is 0. The molecular weight excluding hydrogens is 300 g/mol. The normalized spacial score (nSPS) is 10.8. The fourth-order valence-corrected chi connectivity index (χ4v) is 2.91. The van der Waals surface area contributed by atoms with Gasteiger partial charge in [-0.05, 0) is 24.3 Å². The van der Waals surface area contributed by atoms with E-state index in [1.807, 2.05) is 48.5 Å². The van der Waals surface area contributed by atoms with Crippen molar-refractivity contribution in [1.82, 2.24) is 9.97 Å². The van der Waals surface area contributed by atoms with E-state index in [4.69, 9.17) is 0 Å². The molecule has 0 aliphatic heterocycles. The zero-order chi connectivity index (χ0) is 16.5. The van der Waals surface area contributed by atoms with Crippen LogP contribution in [0.4, 0.5) is 0 Å². The lowest BCUT2D eigenvalue weighted by molar-refractivity contribution is 1.32. The van der Waals surface area contributed by atoms with E-state index in [1.165, 1.54) is 0 Å². The third kappa shape index (κ3) is 2.34. The van der Waals surface area contributed by atoms with Gasteiger partial charge in [-0.1, -0.05) is 48.5 Å². The number of H-pyrrole nitrogens is 2. The van der Waals surface area contributed by atoms with Gasteiger partial charge in [0.25, 0.3) is 11.1 Å². The molecule has 0 unspecified atom stereocenters. The van der Waals surface area contributed by atoms with Crippen LogP contribution in [0.25, 0.3) is 32.6 Å². The van der Waals surface area contributed by atoms with Crippen LogP contribution in [0.15, 0.2) is 82.4 Å². The first-order valence-electron chi connectivity index (χ1n) is 7.64. The van der Waals surface area contributed by atoms with Crippen molar-refractivity contribution < 1.29 is 0 Å². The molecule has 0 amide bonds. The predicted molar refractivity (Wildman–Crippen MR) is 97.8 cm³/mol. The number of benzene rings is 3. The summed E-state index contributed by atoms with van der Waals surface area (Å²) in [6.45, 7) is 0. The van der Waals surface area contributed by atoms with Crippen LogP contribution >= 0.6 is 0 Å². The molecule has 0 bridgehead atoms. The largest absolute Gasteiger partial charge is 0.321 e. The second kappa shape index (κ2) is 5.66. The van der Waals surface area contributed by atoms with Crippen LogP contribution in [0.3, 0.4) is 0 Å². The van der Waals surface area contributed by atoms with Crippen molar-refractivity contribution >= 4 is 32.6 Å². The van der Waals surface area contributed by atoms with Gasteiger partial charge < -0.3 is 9.97 Å². The van der Waals surface area contributed by atoms with Gasteiger partial charge in [0.2, 0.25) is 0 Å². The van der Waals surface area contributed by atoms with E-state index in [-0.39, 0.29) is 11.1 Å². The molecule has 0 fully saturated rings. The van der Waals surface area contributed by atoms with Crippen LogP contribution in [0.5, 0.6) is 0 Å². The first kappa shape index (κ1) is 14.2. The Balaban J connectivity index is 2.43. The Kier molecular flexibility index (Phi) is 3.35. The highest BCUT2D eigenvalue weighted by molar-refractivity contribution is 6.02. The van der Waals surface area contributed by atoms with Gasteiger partial charge in [0.15, 0.2) is 0 Å². The first-order chi connectivity index (χ1) is 11.7. The van der Waals surface area contributed by atoms with E-state index in [2.05, 4.69) is 9.97 Å². The Labute approximate surface area is 136 Å². The molecule has 4 heteroatoms. The summed E-state index contributed by atoms with van der Waals surface area (Å²) in [6, 6.07) is 21.9. The molecule has 4 aromatic rings. The van der Waals surface area contributed by atoms with E-state index >= 15 is 0 Å². The smallest absolute Gasteiger partial charge is 0.256 e. The maximum Gasteiger partial charge on any atom is 0.256 e. The lowest BCUT2D eigenvalue weighted by Crippen LogP contribution is -2.10. The van der Waals surface area contributed by atoms with E-state index in [0.717, 1.165) is 10.8 Å². The van der Waals surface area contributed by atoms with Crippen molar-refractivity contribution in [3.05, 3.63) is 93.5 Å². The standard InChI is InChI=1S/C20H14N2O2/c23-19-15-9-1-2-10-16(15)20(24)22-18-12-6-4-8-14(18)13-7-3-5-11-17(13)21-19/h1-12H,(H,21,23)(H,22,24). The molecule has 0 spiro atoms. The summed E-state index contributed by atoms with van der Waals surface area (Å²) in [4.78, 5) is 31.2. The Hall–Kier alpha value is -3.40. The van der Waals surface area contributed by atoms with E-state index < -0.39 is 0 Å². The zero-order valence-electron chi connectivity index (χ0n) is 12.7. The van der Waals surface area contributed by atoms with E-state index in [1.54, 1.807) is 24.3 Å². The van der Waals surface area contributed by atoms with Gasteiger partial charge in [0, 0.05) is 21.8 Å². The van der Waals surface area contributed by atoms with Gasteiger partial charge in [-0.3, -0.25) is 9.59 Å². The number of aromatic nitrogens is 2. The van der Waals surface area contributed by atoms with Gasteiger partial charge in [0.1, 0.15) is 0 Å². The average Bonchev–Trinajstić information content (AvgIpc) is 2.62. The van der Waals surface area contributed by atoms with Crippen LogP contribution in [0.1, 0.15) is 0 Å². The number of hydrogen-bond donors (Lipinski definition) is 2. The molecule has 4 nitrogen and oxygen atoms in total. The fraction of sp³-hybridized carbons (Fsp3) is 0. The van der Waals surface area contributed by atoms with Crippen LogP contribution in [0.2, 0.25) is 0 Å². The Morgan fingerprint density at radius 2 is 0.792 bits per heavy atom. The fourth-order valence-electron chi connectivity index (χ4n) is 2.91. The quantitative estimate of drug-likeness (QED) is 0.520. The summed E-state index contributed by atoms with van der Waals surface area (Å²) < 4.78 is 0. The molecule has 2 N–H and O–H groups in total. The van der Waals surface area contributed by atoms with Crippen LogP contribution < -0.4 is 11.1 Å². The predicted octanol–water partition coefficient (Wildman–Crippen LogP) is 3.65. The molecule has 1 aromatic heterocycles. The molecule has 0 saturated heterocycles. The topological polar surface area (TPSA) is 65.7 Å². The number of rotatable bonds is 0. The van der Waals surface area contributed by atoms with Crippen LogP contribution in [-0.2, 0) is 0 Å². The van der Waals surface area contributed by atoms with Crippen molar-refractivity contribution in [2.45, 2.75) is 0 Å². The summed E-state index contributed by atoms with van der Waals surface area (Å²) in [7, 11) is 0. The number of para-hydroxylation sites is 2. The molecule has 0 aliphatic rings. The van der Waals surface area contributed by atoms with Crippen LogP contribution in [-0.4, -0.2) is 9.97 Å². The second-order valence-corrected chi connectivity index (χ2v) is 5.54. The molecule has 0 radical (unpaired) electrons. The third-order valence-corrected chi connectivity index (χ3v) is 4.06. The van der Waals surface area contributed by atoms with Gasteiger partial charge in [-0.15, -0.1) is 0 Å². The monoisotopic (exact) mass is 314 g/mol. The molecule has 0 saturated carbocycles. The lowest BCUT2D eigenvalue weighted by atomic mass is 10.1. The maximum atomic E-state index is 12.7. The minimum atomic E-state index is -0.299. The summed E-state index contributed by atoms with van der Waals surface area (Å²) in [5.74, 6) is 0. The lowest BCUT2D eigenvalue weighted by Gasteiger charge is -2.00. The maximum absolute atomic E-state index is 12.7. The molecular formula is C20H14N2O2. The highest BCUT2D eigenvalue weighted by atomic mass is 16.1. The molecule has 3 aromatic carbocycles.